The van der Waals surface area contributed by atoms with E-state index in [9.17, 15) is 0 Å². The van der Waals surface area contributed by atoms with Gasteiger partial charge in [0, 0.05) is 24.3 Å². The van der Waals surface area contributed by atoms with Gasteiger partial charge in [-0.3, -0.25) is 5.41 Å². The monoisotopic (exact) mass is 257 g/mol. The fourth-order valence-electron chi connectivity index (χ4n) is 3.72. The van der Waals surface area contributed by atoms with Crippen LogP contribution in [0.15, 0.2) is 24.3 Å². The van der Waals surface area contributed by atoms with Crippen LogP contribution in [-0.4, -0.2) is 18.9 Å². The smallest absolute Gasteiger partial charge is 0.122 e. The molecule has 0 atom stereocenters. The fourth-order valence-corrected chi connectivity index (χ4v) is 3.72. The largest absolute Gasteiger partial charge is 0.384 e. The van der Waals surface area contributed by atoms with Crippen molar-refractivity contribution in [1.29, 1.82) is 5.41 Å². The van der Waals surface area contributed by atoms with Crippen molar-refractivity contribution in [2.75, 3.05) is 18.0 Å². The van der Waals surface area contributed by atoms with Gasteiger partial charge in [0.25, 0.3) is 0 Å². The van der Waals surface area contributed by atoms with Gasteiger partial charge in [0.2, 0.25) is 0 Å². The molecule has 0 bridgehead atoms. The lowest BCUT2D eigenvalue weighted by molar-refractivity contribution is 0.226. The van der Waals surface area contributed by atoms with E-state index < -0.39 is 0 Å². The first kappa shape index (κ1) is 12.5. The third kappa shape index (κ3) is 2.46. The van der Waals surface area contributed by atoms with Gasteiger partial charge < -0.3 is 10.6 Å². The summed E-state index contributed by atoms with van der Waals surface area (Å²) < 4.78 is 0. The predicted molar refractivity (Wildman–Crippen MR) is 79.8 cm³/mol. The second kappa shape index (κ2) is 4.87. The van der Waals surface area contributed by atoms with Gasteiger partial charge in [-0.15, -0.1) is 0 Å². The zero-order chi connectivity index (χ0) is 13.3. The van der Waals surface area contributed by atoms with Crippen LogP contribution in [0.4, 0.5) is 5.69 Å². The van der Waals surface area contributed by atoms with Crippen LogP contribution in [0, 0.1) is 10.8 Å². The maximum atomic E-state index is 7.42. The van der Waals surface area contributed by atoms with E-state index in [1.54, 1.807) is 0 Å². The number of piperidine rings is 1. The van der Waals surface area contributed by atoms with E-state index in [4.69, 9.17) is 11.1 Å². The molecule has 1 spiro atoms. The molecule has 0 radical (unpaired) electrons. The molecule has 2 fully saturated rings. The van der Waals surface area contributed by atoms with Gasteiger partial charge in [-0.05, 0) is 55.4 Å². The lowest BCUT2D eigenvalue weighted by atomic mass is 9.77. The molecule has 0 aromatic heterocycles. The topological polar surface area (TPSA) is 53.1 Å². The average Bonchev–Trinajstić information content (AvgIpc) is 2.88. The van der Waals surface area contributed by atoms with Crippen LogP contribution >= 0.6 is 0 Å². The molecule has 3 N–H and O–H groups in total. The van der Waals surface area contributed by atoms with Crippen LogP contribution in [0.2, 0.25) is 0 Å². The molecule has 0 amide bonds. The summed E-state index contributed by atoms with van der Waals surface area (Å²) in [6.45, 7) is 2.36. The van der Waals surface area contributed by atoms with Crippen molar-refractivity contribution in [3.63, 3.8) is 0 Å². The zero-order valence-corrected chi connectivity index (χ0v) is 11.5. The molecule has 102 valence electrons. The molecular weight excluding hydrogens is 234 g/mol. The molecule has 1 saturated carbocycles. The van der Waals surface area contributed by atoms with E-state index >= 15 is 0 Å². The zero-order valence-electron chi connectivity index (χ0n) is 11.5. The normalized spacial score (nSPS) is 21.8. The van der Waals surface area contributed by atoms with E-state index in [1.165, 1.54) is 57.3 Å². The first-order valence-electron chi connectivity index (χ1n) is 7.38. The number of nitrogens with one attached hydrogen (secondary N) is 1. The molecule has 1 aromatic rings. The molecule has 3 nitrogen and oxygen atoms in total. The minimum Gasteiger partial charge on any atom is -0.384 e. The molecule has 1 aromatic carbocycles. The molecule has 0 unspecified atom stereocenters. The van der Waals surface area contributed by atoms with Crippen molar-refractivity contribution in [2.45, 2.75) is 38.5 Å². The summed E-state index contributed by atoms with van der Waals surface area (Å²) >= 11 is 0. The Morgan fingerprint density at radius 1 is 1.00 bits per heavy atom. The highest BCUT2D eigenvalue weighted by Gasteiger charge is 2.36. The van der Waals surface area contributed by atoms with Gasteiger partial charge in [0.15, 0.2) is 0 Å². The molecular formula is C16H23N3. The van der Waals surface area contributed by atoms with E-state index in [-0.39, 0.29) is 5.84 Å². The van der Waals surface area contributed by atoms with E-state index in [0.717, 1.165) is 5.56 Å². The molecule has 1 aliphatic heterocycles. The highest BCUT2D eigenvalue weighted by molar-refractivity contribution is 5.95. The number of rotatable bonds is 2. The van der Waals surface area contributed by atoms with Crippen LogP contribution in [0.25, 0.3) is 0 Å². The summed E-state index contributed by atoms with van der Waals surface area (Å²) in [4.78, 5) is 2.48. The van der Waals surface area contributed by atoms with Gasteiger partial charge in [-0.2, -0.15) is 0 Å². The Morgan fingerprint density at radius 3 is 2.11 bits per heavy atom. The first-order chi connectivity index (χ1) is 9.19. The lowest BCUT2D eigenvalue weighted by Crippen LogP contribution is -2.38. The quantitative estimate of drug-likeness (QED) is 0.631. The van der Waals surface area contributed by atoms with Gasteiger partial charge in [-0.1, -0.05) is 12.8 Å². The maximum absolute atomic E-state index is 7.42. The minimum atomic E-state index is 0.148. The molecule has 19 heavy (non-hydrogen) atoms. The number of anilines is 1. The summed E-state index contributed by atoms with van der Waals surface area (Å²) in [6, 6.07) is 8.11. The van der Waals surface area contributed by atoms with Crippen molar-refractivity contribution in [3.05, 3.63) is 29.8 Å². The minimum absolute atomic E-state index is 0.148. The predicted octanol–water partition coefficient (Wildman–Crippen LogP) is 3.13. The molecule has 3 heteroatoms. The standard InChI is InChI=1S/C16H23N3/c17-15(18)13-3-5-14(6-4-13)19-11-9-16(10-12-19)7-1-2-8-16/h3-6H,1-2,7-12H2,(H3,17,18). The van der Waals surface area contributed by atoms with Crippen LogP contribution in [-0.2, 0) is 0 Å². The SMILES string of the molecule is N=C(N)c1ccc(N2CCC3(CCCC3)CC2)cc1. The molecule has 3 rings (SSSR count). The maximum Gasteiger partial charge on any atom is 0.122 e. The Hall–Kier alpha value is -1.51. The van der Waals surface area contributed by atoms with Crippen molar-refractivity contribution in [2.24, 2.45) is 11.1 Å². The van der Waals surface area contributed by atoms with E-state index in [2.05, 4.69) is 17.0 Å². The summed E-state index contributed by atoms with van der Waals surface area (Å²) in [5, 5.41) is 7.42. The molecule has 1 aliphatic carbocycles. The number of nitrogens with zero attached hydrogens (tertiary/aromatic N) is 1. The van der Waals surface area contributed by atoms with Crippen molar-refractivity contribution < 1.29 is 0 Å². The van der Waals surface area contributed by atoms with Crippen LogP contribution < -0.4 is 10.6 Å². The lowest BCUT2D eigenvalue weighted by Gasteiger charge is -2.40. The second-order valence-electron chi connectivity index (χ2n) is 6.15. The number of nitrogens with two attached hydrogens (primary N) is 1. The fraction of sp³-hybridized carbons (Fsp3) is 0.562. The average molecular weight is 257 g/mol. The van der Waals surface area contributed by atoms with Crippen molar-refractivity contribution in [1.82, 2.24) is 0 Å². The summed E-state index contributed by atoms with van der Waals surface area (Å²) in [5.41, 5.74) is 8.26. The third-order valence-corrected chi connectivity index (χ3v) is 5.03. The number of hydrogen-bond donors (Lipinski definition) is 2. The van der Waals surface area contributed by atoms with Gasteiger partial charge in [-0.25, -0.2) is 0 Å². The Balaban J connectivity index is 1.66. The van der Waals surface area contributed by atoms with Gasteiger partial charge in [0.05, 0.1) is 0 Å². The molecule has 1 saturated heterocycles. The number of hydrogen-bond acceptors (Lipinski definition) is 2. The van der Waals surface area contributed by atoms with E-state index in [1.807, 2.05) is 12.1 Å². The Bertz CT molecular complexity index is 447. The number of nitrogen functional groups attached to an aromatic ring is 1. The molecule has 2 aliphatic rings. The Labute approximate surface area is 115 Å². The van der Waals surface area contributed by atoms with Crippen molar-refractivity contribution >= 4 is 11.5 Å². The highest BCUT2D eigenvalue weighted by atomic mass is 15.1. The number of benzene rings is 1. The Morgan fingerprint density at radius 2 is 1.58 bits per heavy atom. The van der Waals surface area contributed by atoms with Crippen molar-refractivity contribution in [3.8, 4) is 0 Å². The number of amidine groups is 1. The van der Waals surface area contributed by atoms with Gasteiger partial charge in [0.1, 0.15) is 5.84 Å². The highest BCUT2D eigenvalue weighted by Crippen LogP contribution is 2.46. The Kier molecular flexibility index (Phi) is 3.21. The third-order valence-electron chi connectivity index (χ3n) is 5.03. The summed E-state index contributed by atoms with van der Waals surface area (Å²) in [7, 11) is 0. The summed E-state index contributed by atoms with van der Waals surface area (Å²) in [6.07, 6.45) is 8.47. The van der Waals surface area contributed by atoms with Crippen LogP contribution in [0.1, 0.15) is 44.1 Å². The first-order valence-corrected chi connectivity index (χ1v) is 7.38. The summed E-state index contributed by atoms with van der Waals surface area (Å²) in [5.74, 6) is 0.148. The van der Waals surface area contributed by atoms with Crippen LogP contribution in [0.3, 0.4) is 0 Å². The van der Waals surface area contributed by atoms with Crippen LogP contribution in [0.5, 0.6) is 0 Å². The van der Waals surface area contributed by atoms with Gasteiger partial charge >= 0.3 is 0 Å². The molecule has 1 heterocycles. The van der Waals surface area contributed by atoms with E-state index in [0.29, 0.717) is 5.41 Å². The second-order valence-corrected chi connectivity index (χ2v) is 6.15.